The molecule has 0 unspecified atom stereocenters. The van der Waals surface area contributed by atoms with Gasteiger partial charge >= 0.3 is 0 Å². The number of anilines is 3. The van der Waals surface area contributed by atoms with E-state index in [0.29, 0.717) is 17.9 Å². The molecular formula is C28H44N6O4. The molecule has 210 valence electrons. The predicted molar refractivity (Wildman–Crippen MR) is 156 cm³/mol. The average molecular weight is 529 g/mol. The molecule has 0 bridgehead atoms. The van der Waals surface area contributed by atoms with Crippen molar-refractivity contribution in [3.63, 3.8) is 0 Å². The van der Waals surface area contributed by atoms with Crippen molar-refractivity contribution in [2.24, 2.45) is 0 Å². The lowest BCUT2D eigenvalue weighted by Gasteiger charge is -2.23. The Labute approximate surface area is 226 Å². The summed E-state index contributed by atoms with van der Waals surface area (Å²) in [5, 5.41) is 16.5. The molecule has 0 atom stereocenters. The normalized spacial score (nSPS) is 11.6. The molecule has 2 aromatic rings. The minimum Gasteiger partial charge on any atom is -0.399 e. The van der Waals surface area contributed by atoms with Gasteiger partial charge in [-0.25, -0.2) is 0 Å². The van der Waals surface area contributed by atoms with E-state index in [1.807, 2.05) is 58.0 Å². The second kappa shape index (κ2) is 13.3. The zero-order chi connectivity index (χ0) is 29.4. The van der Waals surface area contributed by atoms with Gasteiger partial charge in [0.1, 0.15) is 0 Å². The Morgan fingerprint density at radius 3 is 1.55 bits per heavy atom. The van der Waals surface area contributed by atoms with E-state index >= 15 is 0 Å². The number of benzene rings is 2. The molecule has 0 fully saturated rings. The van der Waals surface area contributed by atoms with Crippen LogP contribution in [0.2, 0.25) is 0 Å². The van der Waals surface area contributed by atoms with Crippen LogP contribution in [0.4, 0.5) is 22.7 Å². The van der Waals surface area contributed by atoms with E-state index < -0.39 is 4.92 Å². The number of hydrogen-bond donors (Lipinski definition) is 3. The van der Waals surface area contributed by atoms with Crippen LogP contribution >= 0.6 is 0 Å². The Kier molecular flexibility index (Phi) is 11.4. The fraction of sp³-hybridized carbons (Fsp3) is 0.500. The first-order chi connectivity index (χ1) is 17.3. The highest BCUT2D eigenvalue weighted by atomic mass is 16.6. The molecule has 10 heteroatoms. The summed E-state index contributed by atoms with van der Waals surface area (Å²) in [4.78, 5) is 37.6. The number of amides is 2. The van der Waals surface area contributed by atoms with Gasteiger partial charge in [0.15, 0.2) is 0 Å². The highest BCUT2D eigenvalue weighted by Gasteiger charge is 2.22. The van der Waals surface area contributed by atoms with Gasteiger partial charge in [0.2, 0.25) is 11.8 Å². The number of likely N-dealkylation sites (N-methyl/N-ethyl adjacent to an activating group) is 2. The molecule has 2 amide bonds. The molecule has 2 rings (SSSR count). The molecule has 0 aliphatic heterocycles. The van der Waals surface area contributed by atoms with Crippen LogP contribution in [0.3, 0.4) is 0 Å². The Bertz CT molecular complexity index is 1130. The van der Waals surface area contributed by atoms with Gasteiger partial charge in [-0.3, -0.25) is 19.7 Å². The third-order valence-corrected chi connectivity index (χ3v) is 5.34. The van der Waals surface area contributed by atoms with Crippen LogP contribution in [0.25, 0.3) is 0 Å². The van der Waals surface area contributed by atoms with E-state index in [0.717, 1.165) is 16.8 Å². The lowest BCUT2D eigenvalue weighted by molar-refractivity contribution is -0.384. The monoisotopic (exact) mass is 528 g/mol. The lowest BCUT2D eigenvalue weighted by atomic mass is 9.85. The first kappa shape index (κ1) is 32.5. The molecule has 4 N–H and O–H groups in total. The number of nitrogens with zero attached hydrogens (tertiary/aromatic N) is 3. The van der Waals surface area contributed by atoms with Gasteiger partial charge in [-0.15, -0.1) is 0 Å². The van der Waals surface area contributed by atoms with Crippen molar-refractivity contribution in [3.8, 4) is 0 Å². The van der Waals surface area contributed by atoms with Crippen LogP contribution < -0.4 is 16.4 Å². The van der Waals surface area contributed by atoms with Crippen molar-refractivity contribution < 1.29 is 14.5 Å². The summed E-state index contributed by atoms with van der Waals surface area (Å²) in [5.74, 6) is -0.225. The van der Waals surface area contributed by atoms with E-state index in [2.05, 4.69) is 31.4 Å². The molecule has 0 aromatic heterocycles. The number of non-ortho nitro benzene ring substituents is 1. The SMILES string of the molecule is CN(C)CC(=O)Nc1cc(N)ccc1C(C)(C)C.CN(C)CC(=O)Nc1cc([N+](=O)[O-])ccc1C(C)(C)C. The lowest BCUT2D eigenvalue weighted by Crippen LogP contribution is -2.28. The molecule has 0 saturated heterocycles. The molecule has 10 nitrogen and oxygen atoms in total. The zero-order valence-electron chi connectivity index (χ0n) is 24.4. The first-order valence-electron chi connectivity index (χ1n) is 12.4. The molecule has 0 aliphatic carbocycles. The first-order valence-corrected chi connectivity index (χ1v) is 12.4. The average Bonchev–Trinajstić information content (AvgIpc) is 2.71. The zero-order valence-corrected chi connectivity index (χ0v) is 24.4. The van der Waals surface area contributed by atoms with E-state index in [4.69, 9.17) is 5.73 Å². The van der Waals surface area contributed by atoms with Gasteiger partial charge < -0.3 is 26.2 Å². The number of hydrogen-bond acceptors (Lipinski definition) is 7. The number of rotatable bonds is 7. The second-order valence-corrected chi connectivity index (χ2v) is 11.9. The van der Waals surface area contributed by atoms with Crippen molar-refractivity contribution in [1.29, 1.82) is 0 Å². The Morgan fingerprint density at radius 1 is 0.789 bits per heavy atom. The molecular weight excluding hydrogens is 484 g/mol. The van der Waals surface area contributed by atoms with Gasteiger partial charge in [0.25, 0.3) is 5.69 Å². The molecule has 2 aromatic carbocycles. The maximum Gasteiger partial charge on any atom is 0.271 e. The summed E-state index contributed by atoms with van der Waals surface area (Å²) in [7, 11) is 7.31. The fourth-order valence-electron chi connectivity index (χ4n) is 3.68. The standard InChI is InChI=1S/C14H21N3O3.C14H23N3O/c1-14(2,3)11-7-6-10(17(19)20)8-12(11)15-13(18)9-16(4)5;1-14(2,3)11-7-6-10(15)8-12(11)16-13(18)9-17(4)5/h6-8H,9H2,1-5H3,(H,15,18);6-8H,9,15H2,1-5H3,(H,16,18). The minimum atomic E-state index is -0.464. The van der Waals surface area contributed by atoms with Crippen LogP contribution in [-0.2, 0) is 20.4 Å². The van der Waals surface area contributed by atoms with Crippen molar-refractivity contribution in [2.45, 2.75) is 52.4 Å². The predicted octanol–water partition coefficient (Wildman–Crippen LogP) is 4.46. The number of carbonyl (C=O) groups excluding carboxylic acids is 2. The third kappa shape index (κ3) is 10.9. The summed E-state index contributed by atoms with van der Waals surface area (Å²) in [5.41, 5.74) is 9.42. The third-order valence-electron chi connectivity index (χ3n) is 5.34. The summed E-state index contributed by atoms with van der Waals surface area (Å²) in [6.07, 6.45) is 0. The fourth-order valence-corrected chi connectivity index (χ4v) is 3.68. The van der Waals surface area contributed by atoms with E-state index in [-0.39, 0.29) is 34.9 Å². The largest absolute Gasteiger partial charge is 0.399 e. The highest BCUT2D eigenvalue weighted by Crippen LogP contribution is 2.33. The summed E-state index contributed by atoms with van der Waals surface area (Å²) >= 11 is 0. The van der Waals surface area contributed by atoms with Crippen LogP contribution in [0.5, 0.6) is 0 Å². The summed E-state index contributed by atoms with van der Waals surface area (Å²) in [6, 6.07) is 10.2. The molecule has 0 aliphatic rings. The second-order valence-electron chi connectivity index (χ2n) is 11.9. The minimum absolute atomic E-state index is 0.0295. The van der Waals surface area contributed by atoms with Crippen molar-refractivity contribution in [1.82, 2.24) is 9.80 Å². The van der Waals surface area contributed by atoms with Gasteiger partial charge in [-0.05, 0) is 68.3 Å². The maximum atomic E-state index is 11.9. The highest BCUT2D eigenvalue weighted by molar-refractivity contribution is 5.94. The van der Waals surface area contributed by atoms with Gasteiger partial charge in [-0.1, -0.05) is 47.6 Å². The molecule has 0 saturated carbocycles. The number of nitro groups is 1. The van der Waals surface area contributed by atoms with Gasteiger partial charge in [0, 0.05) is 23.5 Å². The van der Waals surface area contributed by atoms with Gasteiger partial charge in [0.05, 0.1) is 23.7 Å². The van der Waals surface area contributed by atoms with Crippen LogP contribution in [0.1, 0.15) is 52.7 Å². The summed E-state index contributed by atoms with van der Waals surface area (Å²) in [6.45, 7) is 12.9. The quantitative estimate of drug-likeness (QED) is 0.274. The van der Waals surface area contributed by atoms with E-state index in [9.17, 15) is 19.7 Å². The molecule has 0 radical (unpaired) electrons. The topological polar surface area (TPSA) is 134 Å². The number of nitrogen functional groups attached to an aromatic ring is 1. The molecule has 38 heavy (non-hydrogen) atoms. The summed E-state index contributed by atoms with van der Waals surface area (Å²) < 4.78 is 0. The van der Waals surface area contributed by atoms with Gasteiger partial charge in [-0.2, -0.15) is 0 Å². The number of nitrogens with one attached hydrogen (secondary N) is 2. The number of nitrogens with two attached hydrogens (primary N) is 1. The number of nitro benzene ring substituents is 1. The van der Waals surface area contributed by atoms with Crippen LogP contribution in [-0.4, -0.2) is 67.8 Å². The smallest absolute Gasteiger partial charge is 0.271 e. The number of carbonyl (C=O) groups is 2. The van der Waals surface area contributed by atoms with E-state index in [1.165, 1.54) is 12.1 Å². The Hall–Kier alpha value is -3.50. The van der Waals surface area contributed by atoms with Crippen molar-refractivity contribution in [2.75, 3.05) is 57.6 Å². The Morgan fingerprint density at radius 2 is 1.18 bits per heavy atom. The van der Waals surface area contributed by atoms with Crippen LogP contribution in [0, 0.1) is 10.1 Å². The maximum absolute atomic E-state index is 11.9. The molecule has 0 spiro atoms. The van der Waals surface area contributed by atoms with Crippen molar-refractivity contribution >= 4 is 34.6 Å². The van der Waals surface area contributed by atoms with Crippen molar-refractivity contribution in [3.05, 3.63) is 57.6 Å². The Balaban J connectivity index is 0.000000382. The van der Waals surface area contributed by atoms with E-state index in [1.54, 1.807) is 25.1 Å². The van der Waals surface area contributed by atoms with Crippen LogP contribution in [0.15, 0.2) is 36.4 Å². The molecule has 0 heterocycles.